The number of ether oxygens (including phenoxy) is 1. The van der Waals surface area contributed by atoms with Crippen LogP contribution < -0.4 is 4.74 Å². The van der Waals surface area contributed by atoms with Crippen molar-refractivity contribution in [3.05, 3.63) is 85.5 Å². The maximum atomic E-state index is 13.6. The summed E-state index contributed by atoms with van der Waals surface area (Å²) in [7, 11) is 0. The van der Waals surface area contributed by atoms with Gasteiger partial charge in [0.1, 0.15) is 18.9 Å². The molecule has 2 aromatic carbocycles. The second-order valence-electron chi connectivity index (χ2n) is 8.45. The molecule has 5 nitrogen and oxygen atoms in total. The van der Waals surface area contributed by atoms with Crippen molar-refractivity contribution < 1.29 is 14.3 Å². The number of halogens is 2. The predicted molar refractivity (Wildman–Crippen MR) is 140 cm³/mol. The van der Waals surface area contributed by atoms with Crippen LogP contribution in [0.4, 0.5) is 0 Å². The third-order valence-electron chi connectivity index (χ3n) is 5.90. The van der Waals surface area contributed by atoms with Gasteiger partial charge in [-0.05, 0) is 79.7 Å². The number of thiophene rings is 1. The summed E-state index contributed by atoms with van der Waals surface area (Å²) in [6.45, 7) is 4.80. The zero-order valence-corrected chi connectivity index (χ0v) is 22.2. The van der Waals surface area contributed by atoms with Crippen LogP contribution in [0.15, 0.2) is 64.5 Å². The van der Waals surface area contributed by atoms with E-state index in [0.29, 0.717) is 29.5 Å². The summed E-state index contributed by atoms with van der Waals surface area (Å²) < 4.78 is 6.88. The van der Waals surface area contributed by atoms with Gasteiger partial charge in [0.2, 0.25) is 5.91 Å². The molecule has 4 rings (SSSR count). The number of amides is 2. The van der Waals surface area contributed by atoms with Gasteiger partial charge in [-0.2, -0.15) is 0 Å². The van der Waals surface area contributed by atoms with E-state index in [1.165, 1.54) is 4.88 Å². The van der Waals surface area contributed by atoms with Crippen LogP contribution in [0.2, 0.25) is 5.02 Å². The number of hydrogen-bond donors (Lipinski definition) is 0. The normalized spacial score (nSPS) is 15.2. The molecule has 0 fully saturated rings. The molecule has 0 N–H and O–H groups in total. The van der Waals surface area contributed by atoms with Crippen molar-refractivity contribution in [3.8, 4) is 5.75 Å². The minimum atomic E-state index is -0.215. The fourth-order valence-electron chi connectivity index (χ4n) is 4.09. The standard InChI is InChI=1S/C26H26BrClN2O3S/c1-17(2)30(26(32)18-4-3-5-19(27)14-18)15-25(31)29-12-10-24-22(11-13-34-24)23(29)16-33-21-8-6-20(28)7-9-21/h3-9,11,13-14,17,23H,10,12,15-16H2,1-2H3/t23-/m0/s1. The van der Waals surface area contributed by atoms with Crippen LogP contribution in [-0.4, -0.2) is 47.4 Å². The maximum absolute atomic E-state index is 13.6. The zero-order valence-electron chi connectivity index (χ0n) is 19.0. The fourth-order valence-corrected chi connectivity index (χ4v) is 5.55. The minimum absolute atomic E-state index is 0.0138. The number of carbonyl (C=O) groups excluding carboxylic acids is 2. The molecule has 0 aliphatic carbocycles. The molecule has 1 aromatic heterocycles. The molecule has 2 heterocycles. The molecule has 0 bridgehead atoms. The summed E-state index contributed by atoms with van der Waals surface area (Å²) in [5.41, 5.74) is 1.67. The monoisotopic (exact) mass is 560 g/mol. The lowest BCUT2D eigenvalue weighted by molar-refractivity contribution is -0.136. The lowest BCUT2D eigenvalue weighted by atomic mass is 10.00. The second kappa shape index (κ2) is 10.9. The van der Waals surface area contributed by atoms with Crippen LogP contribution in [-0.2, 0) is 11.2 Å². The first-order chi connectivity index (χ1) is 16.3. The van der Waals surface area contributed by atoms with E-state index in [2.05, 4.69) is 27.4 Å². The Balaban J connectivity index is 1.53. The molecule has 1 atom stereocenters. The molecule has 1 aliphatic heterocycles. The number of fused-ring (bicyclic) bond motifs is 1. The van der Waals surface area contributed by atoms with E-state index in [1.54, 1.807) is 40.5 Å². The van der Waals surface area contributed by atoms with Crippen molar-refractivity contribution in [1.29, 1.82) is 0 Å². The third kappa shape index (κ3) is 5.65. The Kier molecular flexibility index (Phi) is 7.96. The van der Waals surface area contributed by atoms with Crippen molar-refractivity contribution in [2.45, 2.75) is 32.4 Å². The molecule has 8 heteroatoms. The molecular formula is C26H26BrClN2O3S. The summed E-state index contributed by atoms with van der Waals surface area (Å²) in [5, 5.41) is 2.70. The molecule has 3 aromatic rings. The van der Waals surface area contributed by atoms with Crippen molar-refractivity contribution in [2.75, 3.05) is 19.7 Å². The van der Waals surface area contributed by atoms with E-state index in [0.717, 1.165) is 16.5 Å². The largest absolute Gasteiger partial charge is 0.491 e. The van der Waals surface area contributed by atoms with Gasteiger partial charge in [-0.3, -0.25) is 9.59 Å². The summed E-state index contributed by atoms with van der Waals surface area (Å²) >= 11 is 11.1. The average Bonchev–Trinajstić information content (AvgIpc) is 3.30. The third-order valence-corrected chi connectivity index (χ3v) is 7.64. The highest BCUT2D eigenvalue weighted by atomic mass is 79.9. The van der Waals surface area contributed by atoms with Gasteiger partial charge >= 0.3 is 0 Å². The number of carbonyl (C=O) groups is 2. The smallest absolute Gasteiger partial charge is 0.254 e. The molecule has 0 spiro atoms. The molecule has 0 unspecified atom stereocenters. The summed E-state index contributed by atoms with van der Waals surface area (Å²) in [5.74, 6) is 0.457. The van der Waals surface area contributed by atoms with Crippen LogP contribution >= 0.6 is 38.9 Å². The quantitative estimate of drug-likeness (QED) is 0.344. The number of rotatable bonds is 7. The Morgan fingerprint density at radius 3 is 2.68 bits per heavy atom. The highest BCUT2D eigenvalue weighted by Crippen LogP contribution is 2.34. The second-order valence-corrected chi connectivity index (χ2v) is 10.8. The van der Waals surface area contributed by atoms with Crippen molar-refractivity contribution in [3.63, 3.8) is 0 Å². The SMILES string of the molecule is CC(C)N(CC(=O)N1CCc2sccc2[C@@H]1COc1ccc(Cl)cc1)C(=O)c1cccc(Br)c1. The van der Waals surface area contributed by atoms with Crippen LogP contribution in [0.1, 0.15) is 40.7 Å². The number of nitrogens with zero attached hydrogens (tertiary/aromatic N) is 2. The van der Waals surface area contributed by atoms with E-state index in [9.17, 15) is 9.59 Å². The molecular weight excluding hydrogens is 536 g/mol. The first-order valence-electron chi connectivity index (χ1n) is 11.1. The van der Waals surface area contributed by atoms with Crippen LogP contribution in [0.25, 0.3) is 0 Å². The van der Waals surface area contributed by atoms with Gasteiger partial charge in [-0.15, -0.1) is 11.3 Å². The summed E-state index contributed by atoms with van der Waals surface area (Å²) in [4.78, 5) is 31.6. The first kappa shape index (κ1) is 24.8. The van der Waals surface area contributed by atoms with Gasteiger partial charge in [0.25, 0.3) is 5.91 Å². The van der Waals surface area contributed by atoms with Gasteiger partial charge in [0.15, 0.2) is 0 Å². The lowest BCUT2D eigenvalue weighted by Crippen LogP contribution is -2.49. The minimum Gasteiger partial charge on any atom is -0.491 e. The van der Waals surface area contributed by atoms with Crippen LogP contribution in [0, 0.1) is 0 Å². The van der Waals surface area contributed by atoms with Gasteiger partial charge in [-0.25, -0.2) is 0 Å². The summed E-state index contributed by atoms with van der Waals surface area (Å²) in [6.07, 6.45) is 0.803. The fraction of sp³-hybridized carbons (Fsp3) is 0.308. The molecule has 1 aliphatic rings. The number of hydrogen-bond acceptors (Lipinski definition) is 4. The van der Waals surface area contributed by atoms with E-state index in [-0.39, 0.29) is 30.4 Å². The van der Waals surface area contributed by atoms with Gasteiger partial charge in [0.05, 0.1) is 6.04 Å². The molecule has 2 amide bonds. The first-order valence-corrected chi connectivity index (χ1v) is 13.2. The van der Waals surface area contributed by atoms with Gasteiger partial charge in [0, 0.05) is 32.5 Å². The van der Waals surface area contributed by atoms with Crippen LogP contribution in [0.5, 0.6) is 5.75 Å². The highest BCUT2D eigenvalue weighted by Gasteiger charge is 2.34. The maximum Gasteiger partial charge on any atom is 0.254 e. The van der Waals surface area contributed by atoms with Crippen molar-refractivity contribution >= 4 is 50.7 Å². The van der Waals surface area contributed by atoms with Gasteiger partial charge < -0.3 is 14.5 Å². The Hall–Kier alpha value is -2.35. The topological polar surface area (TPSA) is 49.9 Å². The predicted octanol–water partition coefficient (Wildman–Crippen LogP) is 6.22. The summed E-state index contributed by atoms with van der Waals surface area (Å²) in [6, 6.07) is 16.2. The number of benzene rings is 2. The van der Waals surface area contributed by atoms with Crippen molar-refractivity contribution in [2.24, 2.45) is 0 Å². The Morgan fingerprint density at radius 1 is 1.21 bits per heavy atom. The van der Waals surface area contributed by atoms with Crippen molar-refractivity contribution in [1.82, 2.24) is 9.80 Å². The van der Waals surface area contributed by atoms with E-state index < -0.39 is 0 Å². The molecule has 0 radical (unpaired) electrons. The Morgan fingerprint density at radius 2 is 1.97 bits per heavy atom. The van der Waals surface area contributed by atoms with Crippen LogP contribution in [0.3, 0.4) is 0 Å². The zero-order chi connectivity index (χ0) is 24.2. The molecule has 178 valence electrons. The lowest BCUT2D eigenvalue weighted by Gasteiger charge is -2.37. The Labute approximate surface area is 217 Å². The molecule has 0 saturated carbocycles. The molecule has 34 heavy (non-hydrogen) atoms. The van der Waals surface area contributed by atoms with E-state index in [4.69, 9.17) is 16.3 Å². The average molecular weight is 562 g/mol. The van der Waals surface area contributed by atoms with E-state index >= 15 is 0 Å². The highest BCUT2D eigenvalue weighted by molar-refractivity contribution is 9.10. The van der Waals surface area contributed by atoms with E-state index in [1.807, 2.05) is 43.0 Å². The van der Waals surface area contributed by atoms with Gasteiger partial charge in [-0.1, -0.05) is 33.6 Å². The molecule has 0 saturated heterocycles. The Bertz CT molecular complexity index is 1160.